The molecule has 0 aliphatic carbocycles. The summed E-state index contributed by atoms with van der Waals surface area (Å²) in [5.74, 6) is -0.405. The van der Waals surface area contributed by atoms with E-state index in [1.807, 2.05) is 0 Å². The summed E-state index contributed by atoms with van der Waals surface area (Å²) in [7, 11) is -3.53. The number of hydrogen-bond acceptors (Lipinski definition) is 5. The molecule has 0 spiro atoms. The van der Waals surface area contributed by atoms with Crippen molar-refractivity contribution in [1.82, 2.24) is 13.9 Å². The molecule has 32 heavy (non-hydrogen) atoms. The summed E-state index contributed by atoms with van der Waals surface area (Å²) in [6.45, 7) is 0.932. The van der Waals surface area contributed by atoms with Crippen LogP contribution in [0.4, 0.5) is 5.69 Å². The molecule has 0 aromatic heterocycles. The van der Waals surface area contributed by atoms with Gasteiger partial charge in [-0.05, 0) is 56.2 Å². The van der Waals surface area contributed by atoms with E-state index in [9.17, 15) is 18.0 Å². The van der Waals surface area contributed by atoms with Crippen LogP contribution in [0.2, 0.25) is 5.02 Å². The van der Waals surface area contributed by atoms with Gasteiger partial charge in [-0.25, -0.2) is 0 Å². The Bertz CT molecular complexity index is 1040. The van der Waals surface area contributed by atoms with Crippen molar-refractivity contribution >= 4 is 39.3 Å². The number of rotatable bonds is 4. The largest absolute Gasteiger partial charge is 0.349 e. The quantitative estimate of drug-likeness (QED) is 0.596. The smallest absolute Gasteiger partial charge is 0.282 e. The van der Waals surface area contributed by atoms with E-state index >= 15 is 0 Å². The lowest BCUT2D eigenvalue weighted by Crippen LogP contribution is -2.57. The maximum Gasteiger partial charge on any atom is 0.282 e. The molecule has 0 radical (unpaired) electrons. The highest BCUT2D eigenvalue weighted by atomic mass is 35.5. The molecule has 4 aliphatic rings. The molecule has 1 aromatic carbocycles. The van der Waals surface area contributed by atoms with Crippen LogP contribution in [0.25, 0.3) is 0 Å². The third-order valence-electron chi connectivity index (χ3n) is 7.16. The highest BCUT2D eigenvalue weighted by Crippen LogP contribution is 2.39. The second-order valence-electron chi connectivity index (χ2n) is 9.32. The first kappa shape index (κ1) is 22.1. The molecule has 3 saturated heterocycles. The van der Waals surface area contributed by atoms with Crippen LogP contribution >= 0.6 is 11.6 Å². The molecule has 3 atom stereocenters. The monoisotopic (exact) mass is 481 g/mol. The van der Waals surface area contributed by atoms with Crippen LogP contribution in [-0.4, -0.2) is 66.1 Å². The van der Waals surface area contributed by atoms with E-state index in [1.54, 1.807) is 20.7 Å². The van der Waals surface area contributed by atoms with Crippen molar-refractivity contribution in [3.05, 3.63) is 28.3 Å². The molecule has 1 aromatic rings. The molecule has 11 heteroatoms. The SMILES string of the molecule is NC1CCN(S(=O)(=O)N2C3CC[C@@H]2CC(NC(=O)c2cc4c(cc2Cl)NC(=O)C4)C3)CC1. The van der Waals surface area contributed by atoms with Gasteiger partial charge >= 0.3 is 0 Å². The molecule has 0 saturated carbocycles. The summed E-state index contributed by atoms with van der Waals surface area (Å²) in [4.78, 5) is 24.6. The van der Waals surface area contributed by atoms with Gasteiger partial charge in [0.15, 0.2) is 0 Å². The summed E-state index contributed by atoms with van der Waals surface area (Å²) in [6.07, 6.45) is 4.37. The minimum atomic E-state index is -3.53. The molecule has 2 unspecified atom stereocenters. The van der Waals surface area contributed by atoms with E-state index in [1.165, 1.54) is 0 Å². The number of nitrogens with two attached hydrogens (primary N) is 1. The van der Waals surface area contributed by atoms with Crippen LogP contribution in [0.5, 0.6) is 0 Å². The number of carbonyl (C=O) groups is 2. The number of amides is 2. The normalized spacial score (nSPS) is 29.1. The lowest BCUT2D eigenvalue weighted by molar-refractivity contribution is -0.115. The van der Waals surface area contributed by atoms with Crippen LogP contribution in [-0.2, 0) is 21.4 Å². The fourth-order valence-corrected chi connectivity index (χ4v) is 7.88. The molecule has 4 N–H and O–H groups in total. The fourth-order valence-electron chi connectivity index (χ4n) is 5.55. The summed E-state index contributed by atoms with van der Waals surface area (Å²) in [5.41, 5.74) is 7.68. The third-order valence-corrected chi connectivity index (χ3v) is 9.61. The standard InChI is InChI=1S/C21H28ClN5O4S/c22-18-11-19-12(8-20(28)25-19)7-17(18)21(29)24-14-9-15-1-2-16(10-14)27(15)32(30,31)26-5-3-13(23)4-6-26/h7,11,13-16H,1-6,8-10,23H2,(H,24,29)(H,25,28)/t14?,15-,16?/m1/s1. The van der Waals surface area contributed by atoms with Gasteiger partial charge in [-0.3, -0.25) is 9.59 Å². The Morgan fingerprint density at radius 2 is 1.78 bits per heavy atom. The summed E-state index contributed by atoms with van der Waals surface area (Å²) in [6, 6.07) is 3.00. The van der Waals surface area contributed by atoms with Crippen LogP contribution in [0.3, 0.4) is 0 Å². The minimum Gasteiger partial charge on any atom is -0.349 e. The van der Waals surface area contributed by atoms with Crippen LogP contribution < -0.4 is 16.4 Å². The van der Waals surface area contributed by atoms with Gasteiger partial charge in [-0.15, -0.1) is 0 Å². The molecule has 4 heterocycles. The highest BCUT2D eigenvalue weighted by molar-refractivity contribution is 7.86. The third kappa shape index (κ3) is 3.92. The molecule has 174 valence electrons. The van der Waals surface area contributed by atoms with Crippen molar-refractivity contribution in [2.75, 3.05) is 18.4 Å². The average Bonchev–Trinajstić information content (AvgIpc) is 3.23. The van der Waals surface area contributed by atoms with Gasteiger partial charge in [0.2, 0.25) is 5.91 Å². The summed E-state index contributed by atoms with van der Waals surface area (Å²) >= 11 is 6.30. The second kappa shape index (κ2) is 8.25. The Hall–Kier alpha value is -1.72. The van der Waals surface area contributed by atoms with Crippen molar-refractivity contribution in [1.29, 1.82) is 0 Å². The van der Waals surface area contributed by atoms with E-state index in [4.69, 9.17) is 17.3 Å². The Kier molecular flexibility index (Phi) is 5.69. The predicted octanol–water partition coefficient (Wildman–Crippen LogP) is 1.23. The molecular formula is C21H28ClN5O4S. The molecule has 4 aliphatic heterocycles. The zero-order valence-electron chi connectivity index (χ0n) is 17.7. The Balaban J connectivity index is 1.27. The number of halogens is 1. The molecule has 5 rings (SSSR count). The van der Waals surface area contributed by atoms with Crippen molar-refractivity contribution in [2.24, 2.45) is 5.73 Å². The van der Waals surface area contributed by atoms with Gasteiger partial charge in [0, 0.05) is 42.9 Å². The van der Waals surface area contributed by atoms with Crippen molar-refractivity contribution in [3.63, 3.8) is 0 Å². The van der Waals surface area contributed by atoms with Gasteiger partial charge in [0.25, 0.3) is 16.1 Å². The van der Waals surface area contributed by atoms with E-state index in [2.05, 4.69) is 10.6 Å². The van der Waals surface area contributed by atoms with Gasteiger partial charge in [-0.2, -0.15) is 17.0 Å². The highest BCUT2D eigenvalue weighted by Gasteiger charge is 2.49. The van der Waals surface area contributed by atoms with Crippen LogP contribution in [0, 0.1) is 0 Å². The molecule has 3 fully saturated rings. The first-order chi connectivity index (χ1) is 15.2. The zero-order valence-corrected chi connectivity index (χ0v) is 19.3. The van der Waals surface area contributed by atoms with E-state index < -0.39 is 10.2 Å². The number of fused-ring (bicyclic) bond motifs is 3. The average molecular weight is 482 g/mol. The first-order valence-electron chi connectivity index (χ1n) is 11.2. The number of nitrogens with zero attached hydrogens (tertiary/aromatic N) is 2. The second-order valence-corrected chi connectivity index (χ2v) is 11.6. The maximum absolute atomic E-state index is 13.3. The van der Waals surface area contributed by atoms with Crippen LogP contribution in [0.1, 0.15) is 54.4 Å². The van der Waals surface area contributed by atoms with Crippen molar-refractivity contribution in [2.45, 2.75) is 69.1 Å². The van der Waals surface area contributed by atoms with Gasteiger partial charge in [0.05, 0.1) is 17.0 Å². The number of carbonyl (C=O) groups excluding carboxylic acids is 2. The summed E-state index contributed by atoms with van der Waals surface area (Å²) < 4.78 is 29.9. The maximum atomic E-state index is 13.3. The van der Waals surface area contributed by atoms with Gasteiger partial charge < -0.3 is 16.4 Å². The lowest BCUT2D eigenvalue weighted by Gasteiger charge is -2.41. The van der Waals surface area contributed by atoms with E-state index in [0.29, 0.717) is 50.0 Å². The molecular weight excluding hydrogens is 454 g/mol. The Morgan fingerprint density at radius 1 is 1.12 bits per heavy atom. The lowest BCUT2D eigenvalue weighted by atomic mass is 9.99. The fraction of sp³-hybridized carbons (Fsp3) is 0.619. The zero-order chi connectivity index (χ0) is 22.6. The first-order valence-corrected chi connectivity index (χ1v) is 13.0. The Labute approximate surface area is 192 Å². The van der Waals surface area contributed by atoms with Crippen molar-refractivity contribution < 1.29 is 18.0 Å². The predicted molar refractivity (Wildman–Crippen MR) is 121 cm³/mol. The minimum absolute atomic E-state index is 0.0686. The van der Waals surface area contributed by atoms with Crippen LogP contribution in [0.15, 0.2) is 12.1 Å². The van der Waals surface area contributed by atoms with Crippen molar-refractivity contribution in [3.8, 4) is 0 Å². The van der Waals surface area contributed by atoms with Gasteiger partial charge in [0.1, 0.15) is 0 Å². The molecule has 2 amide bonds. The summed E-state index contributed by atoms with van der Waals surface area (Å²) in [5, 5.41) is 6.07. The number of anilines is 1. The number of piperidine rings is 2. The van der Waals surface area contributed by atoms with E-state index in [0.717, 1.165) is 18.4 Å². The van der Waals surface area contributed by atoms with E-state index in [-0.39, 0.29) is 47.4 Å². The van der Waals surface area contributed by atoms with Gasteiger partial charge in [-0.1, -0.05) is 11.6 Å². The Morgan fingerprint density at radius 3 is 2.44 bits per heavy atom. The number of benzene rings is 1. The molecule has 9 nitrogen and oxygen atoms in total. The number of hydrogen-bond donors (Lipinski definition) is 3. The topological polar surface area (TPSA) is 125 Å². The number of nitrogens with one attached hydrogen (secondary N) is 2. The molecule has 2 bridgehead atoms.